The third-order valence-corrected chi connectivity index (χ3v) is 3.52. The average molecular weight is 299 g/mol. The van der Waals surface area contributed by atoms with E-state index in [4.69, 9.17) is 0 Å². The molecule has 1 amide bonds. The highest BCUT2D eigenvalue weighted by atomic mass is 79.9. The van der Waals surface area contributed by atoms with Crippen molar-refractivity contribution in [3.8, 4) is 5.75 Å². The summed E-state index contributed by atoms with van der Waals surface area (Å²) in [6.45, 7) is 4.28. The van der Waals surface area contributed by atoms with Gasteiger partial charge < -0.3 is 15.3 Å². The Balaban J connectivity index is 2.15. The highest BCUT2D eigenvalue weighted by Gasteiger charge is 2.21. The van der Waals surface area contributed by atoms with E-state index in [1.807, 2.05) is 4.90 Å². The summed E-state index contributed by atoms with van der Waals surface area (Å²) in [7, 11) is 0. The summed E-state index contributed by atoms with van der Waals surface area (Å²) in [6.07, 6.45) is 0. The first-order valence-corrected chi connectivity index (χ1v) is 6.38. The van der Waals surface area contributed by atoms with E-state index < -0.39 is 0 Å². The van der Waals surface area contributed by atoms with Crippen LogP contribution in [0.25, 0.3) is 0 Å². The monoisotopic (exact) mass is 298 g/mol. The molecular weight excluding hydrogens is 284 g/mol. The molecule has 1 saturated heterocycles. The van der Waals surface area contributed by atoms with Crippen LogP contribution in [-0.2, 0) is 0 Å². The lowest BCUT2D eigenvalue weighted by molar-refractivity contribution is 0.0708. The Morgan fingerprint density at radius 2 is 2.35 bits per heavy atom. The fraction of sp³-hybridized carbons (Fsp3) is 0.417. The summed E-state index contributed by atoms with van der Waals surface area (Å²) in [5.74, 6) is 0.0696. The summed E-state index contributed by atoms with van der Waals surface area (Å²) < 4.78 is 0.600. The van der Waals surface area contributed by atoms with Crippen LogP contribution in [0.2, 0.25) is 0 Å². The Hall–Kier alpha value is -1.07. The second-order valence-electron chi connectivity index (χ2n) is 4.27. The van der Waals surface area contributed by atoms with E-state index in [9.17, 15) is 9.90 Å². The van der Waals surface area contributed by atoms with Gasteiger partial charge in [0.1, 0.15) is 5.75 Å². The first-order chi connectivity index (χ1) is 8.08. The van der Waals surface area contributed by atoms with Gasteiger partial charge in [-0.15, -0.1) is 0 Å². The van der Waals surface area contributed by atoms with Crippen molar-refractivity contribution in [1.29, 1.82) is 0 Å². The lowest BCUT2D eigenvalue weighted by Gasteiger charge is -2.32. The molecule has 1 atom stereocenters. The SMILES string of the molecule is C[C@H]1CN(C(=O)c2ccc(Br)c(O)c2)CCN1. The predicted octanol–water partition coefficient (Wildman–Crippen LogP) is 1.59. The van der Waals surface area contributed by atoms with Gasteiger partial charge in [-0.25, -0.2) is 0 Å². The molecule has 1 aromatic carbocycles. The van der Waals surface area contributed by atoms with Crippen LogP contribution < -0.4 is 5.32 Å². The Bertz CT molecular complexity index is 437. The number of carbonyl (C=O) groups is 1. The molecule has 1 heterocycles. The van der Waals surface area contributed by atoms with Crippen LogP contribution in [0.4, 0.5) is 0 Å². The summed E-state index contributed by atoms with van der Waals surface area (Å²) in [6, 6.07) is 5.23. The first-order valence-electron chi connectivity index (χ1n) is 5.59. The van der Waals surface area contributed by atoms with Crippen molar-refractivity contribution in [2.75, 3.05) is 19.6 Å². The summed E-state index contributed by atoms with van der Waals surface area (Å²) in [4.78, 5) is 14.0. The maximum Gasteiger partial charge on any atom is 0.254 e. The molecule has 1 aliphatic rings. The van der Waals surface area contributed by atoms with Crippen LogP contribution in [0.1, 0.15) is 17.3 Å². The zero-order valence-electron chi connectivity index (χ0n) is 9.61. The number of hydrogen-bond acceptors (Lipinski definition) is 3. The number of hydrogen-bond donors (Lipinski definition) is 2. The van der Waals surface area contributed by atoms with Crippen LogP contribution in [0.15, 0.2) is 22.7 Å². The van der Waals surface area contributed by atoms with E-state index in [2.05, 4.69) is 28.2 Å². The molecule has 0 spiro atoms. The van der Waals surface area contributed by atoms with Gasteiger partial charge in [-0.3, -0.25) is 4.79 Å². The highest BCUT2D eigenvalue weighted by molar-refractivity contribution is 9.10. The lowest BCUT2D eigenvalue weighted by Crippen LogP contribution is -2.51. The number of halogens is 1. The van der Waals surface area contributed by atoms with Gasteiger partial charge in [-0.05, 0) is 41.1 Å². The standard InChI is InChI=1S/C12H15BrN2O2/c1-8-7-15(5-4-14-8)12(17)9-2-3-10(13)11(16)6-9/h2-3,6,8,14,16H,4-5,7H2,1H3/t8-/m0/s1. The quantitative estimate of drug-likeness (QED) is 0.828. The first kappa shape index (κ1) is 12.4. The number of benzene rings is 1. The van der Waals surface area contributed by atoms with Crippen LogP contribution in [0.5, 0.6) is 5.75 Å². The van der Waals surface area contributed by atoms with Crippen LogP contribution in [-0.4, -0.2) is 41.6 Å². The van der Waals surface area contributed by atoms with E-state index in [0.29, 0.717) is 29.2 Å². The van der Waals surface area contributed by atoms with Crippen LogP contribution in [0, 0.1) is 0 Å². The van der Waals surface area contributed by atoms with Crippen molar-refractivity contribution in [1.82, 2.24) is 10.2 Å². The average Bonchev–Trinajstić information content (AvgIpc) is 2.32. The van der Waals surface area contributed by atoms with Crippen molar-refractivity contribution < 1.29 is 9.90 Å². The van der Waals surface area contributed by atoms with Crippen molar-refractivity contribution in [3.63, 3.8) is 0 Å². The minimum absolute atomic E-state index is 0.0267. The van der Waals surface area contributed by atoms with Crippen LogP contribution >= 0.6 is 15.9 Å². The van der Waals surface area contributed by atoms with Gasteiger partial charge in [-0.1, -0.05) is 0 Å². The van der Waals surface area contributed by atoms with Crippen molar-refractivity contribution in [2.45, 2.75) is 13.0 Å². The molecule has 1 aliphatic heterocycles. The second-order valence-corrected chi connectivity index (χ2v) is 5.13. The van der Waals surface area contributed by atoms with Crippen molar-refractivity contribution in [3.05, 3.63) is 28.2 Å². The molecule has 92 valence electrons. The fourth-order valence-corrected chi connectivity index (χ4v) is 2.19. The Morgan fingerprint density at radius 3 is 3.00 bits per heavy atom. The molecule has 0 aromatic heterocycles. The second kappa shape index (κ2) is 5.06. The van der Waals surface area contributed by atoms with Gasteiger partial charge in [0.2, 0.25) is 0 Å². The summed E-state index contributed by atoms with van der Waals surface area (Å²) in [5.41, 5.74) is 0.528. The largest absolute Gasteiger partial charge is 0.507 e. The van der Waals surface area contributed by atoms with Gasteiger partial charge in [0.05, 0.1) is 4.47 Å². The third-order valence-electron chi connectivity index (χ3n) is 2.85. The number of nitrogens with one attached hydrogen (secondary N) is 1. The van der Waals surface area contributed by atoms with Gasteiger partial charge >= 0.3 is 0 Å². The molecule has 1 aromatic rings. The molecule has 1 fully saturated rings. The Labute approximate surface area is 109 Å². The van der Waals surface area contributed by atoms with E-state index in [1.54, 1.807) is 12.1 Å². The molecule has 0 radical (unpaired) electrons. The molecule has 4 nitrogen and oxygen atoms in total. The molecule has 2 N–H and O–H groups in total. The number of carbonyl (C=O) groups excluding carboxylic acids is 1. The minimum Gasteiger partial charge on any atom is -0.507 e. The highest BCUT2D eigenvalue weighted by Crippen LogP contribution is 2.25. The fourth-order valence-electron chi connectivity index (χ4n) is 1.95. The molecule has 17 heavy (non-hydrogen) atoms. The maximum atomic E-state index is 12.2. The predicted molar refractivity (Wildman–Crippen MR) is 69.2 cm³/mol. The smallest absolute Gasteiger partial charge is 0.254 e. The molecule has 0 bridgehead atoms. The van der Waals surface area contributed by atoms with E-state index in [-0.39, 0.29) is 11.7 Å². The van der Waals surface area contributed by atoms with Crippen LogP contribution in [0.3, 0.4) is 0 Å². The Kier molecular flexibility index (Phi) is 3.69. The number of piperazine rings is 1. The Morgan fingerprint density at radius 1 is 1.59 bits per heavy atom. The van der Waals surface area contributed by atoms with E-state index >= 15 is 0 Å². The molecule has 0 unspecified atom stereocenters. The zero-order valence-corrected chi connectivity index (χ0v) is 11.2. The summed E-state index contributed by atoms with van der Waals surface area (Å²) in [5, 5.41) is 12.9. The number of rotatable bonds is 1. The van der Waals surface area contributed by atoms with Gasteiger partial charge in [-0.2, -0.15) is 0 Å². The molecule has 5 heteroatoms. The van der Waals surface area contributed by atoms with Gasteiger partial charge in [0.25, 0.3) is 5.91 Å². The van der Waals surface area contributed by atoms with Crippen molar-refractivity contribution >= 4 is 21.8 Å². The third kappa shape index (κ3) is 2.79. The zero-order chi connectivity index (χ0) is 12.4. The molecule has 0 aliphatic carbocycles. The minimum atomic E-state index is -0.0267. The lowest BCUT2D eigenvalue weighted by atomic mass is 10.1. The maximum absolute atomic E-state index is 12.2. The normalized spacial score (nSPS) is 20.4. The van der Waals surface area contributed by atoms with E-state index in [1.165, 1.54) is 6.07 Å². The van der Waals surface area contributed by atoms with E-state index in [0.717, 1.165) is 6.54 Å². The van der Waals surface area contributed by atoms with Crippen molar-refractivity contribution in [2.24, 2.45) is 0 Å². The topological polar surface area (TPSA) is 52.6 Å². The van der Waals surface area contributed by atoms with Gasteiger partial charge in [0.15, 0.2) is 0 Å². The number of nitrogens with zero attached hydrogens (tertiary/aromatic N) is 1. The van der Waals surface area contributed by atoms with Gasteiger partial charge in [0, 0.05) is 31.2 Å². The molecular formula is C12H15BrN2O2. The number of phenols is 1. The summed E-state index contributed by atoms with van der Waals surface area (Å²) >= 11 is 3.20. The number of aromatic hydroxyl groups is 1. The number of phenolic OH excluding ortho intramolecular Hbond substituents is 1. The number of amides is 1. The molecule has 2 rings (SSSR count). The molecule has 0 saturated carbocycles.